The summed E-state index contributed by atoms with van der Waals surface area (Å²) in [5.74, 6) is -1.26. The number of carbonyl (C=O) groups excluding carboxylic acids is 2. The molecule has 2 heterocycles. The van der Waals surface area contributed by atoms with E-state index in [2.05, 4.69) is 10.3 Å². The first-order valence-corrected chi connectivity index (χ1v) is 14.0. The van der Waals surface area contributed by atoms with Crippen molar-refractivity contribution >= 4 is 35.0 Å². The number of H-pyrrole nitrogens is 1. The van der Waals surface area contributed by atoms with Gasteiger partial charge in [-0.1, -0.05) is 60.3 Å². The molecule has 1 saturated carbocycles. The number of nitrogens with zero attached hydrogens (tertiary/aromatic N) is 1. The number of fused-ring (bicyclic) bond motifs is 1. The topological polar surface area (TPSA) is 102 Å². The Labute approximate surface area is 237 Å². The predicted octanol–water partition coefficient (Wildman–Crippen LogP) is 4.93. The van der Waals surface area contributed by atoms with Crippen LogP contribution in [0.25, 0.3) is 0 Å². The van der Waals surface area contributed by atoms with Crippen LogP contribution in [-0.4, -0.2) is 45.5 Å². The molecule has 3 N–H and O–H groups in total. The number of rotatable bonds is 6. The van der Waals surface area contributed by atoms with E-state index in [1.807, 2.05) is 25.1 Å². The fraction of sp³-hybridized carbons (Fsp3) is 0.367. The van der Waals surface area contributed by atoms with Crippen molar-refractivity contribution in [1.29, 1.82) is 0 Å². The predicted molar refractivity (Wildman–Crippen MR) is 151 cm³/mol. The maximum absolute atomic E-state index is 14.0. The summed E-state index contributed by atoms with van der Waals surface area (Å²) >= 11 is 12.9. The van der Waals surface area contributed by atoms with E-state index in [-0.39, 0.29) is 17.4 Å². The number of aryl methyl sites for hydroxylation is 1. The normalized spacial score (nSPS) is 22.9. The van der Waals surface area contributed by atoms with Gasteiger partial charge in [-0.25, -0.2) is 0 Å². The van der Waals surface area contributed by atoms with E-state index in [9.17, 15) is 19.5 Å². The molecule has 0 saturated heterocycles. The molecule has 4 atom stereocenters. The van der Waals surface area contributed by atoms with E-state index < -0.39 is 24.1 Å². The number of aromatic amines is 1. The van der Waals surface area contributed by atoms with Crippen LogP contribution in [0.15, 0.2) is 59.4 Å². The molecule has 2 aromatic carbocycles. The van der Waals surface area contributed by atoms with E-state index in [0.29, 0.717) is 52.5 Å². The molecule has 1 fully saturated rings. The molecule has 1 aromatic heterocycles. The zero-order valence-corrected chi connectivity index (χ0v) is 23.1. The maximum atomic E-state index is 14.0. The Balaban J connectivity index is 1.56. The number of aliphatic hydroxyl groups excluding tert-OH is 1. The summed E-state index contributed by atoms with van der Waals surface area (Å²) in [5.41, 5.74) is 3.05. The van der Waals surface area contributed by atoms with Crippen molar-refractivity contribution < 1.29 is 14.7 Å². The van der Waals surface area contributed by atoms with Gasteiger partial charge in [-0.05, 0) is 67.1 Å². The van der Waals surface area contributed by atoms with E-state index in [1.165, 1.54) is 6.07 Å². The molecule has 39 heavy (non-hydrogen) atoms. The minimum absolute atomic E-state index is 0.185. The number of nitrogens with one attached hydrogen (secondary N) is 2. The Morgan fingerprint density at radius 1 is 1.05 bits per heavy atom. The molecule has 0 spiro atoms. The van der Waals surface area contributed by atoms with Gasteiger partial charge in [0.25, 0.3) is 5.91 Å². The highest BCUT2D eigenvalue weighted by molar-refractivity contribution is 6.35. The van der Waals surface area contributed by atoms with Crippen molar-refractivity contribution in [1.82, 2.24) is 15.2 Å². The van der Waals surface area contributed by atoms with E-state index in [0.717, 1.165) is 24.1 Å². The molecule has 3 aromatic rings. The summed E-state index contributed by atoms with van der Waals surface area (Å²) in [6.45, 7) is 2.12. The second-order valence-corrected chi connectivity index (χ2v) is 11.2. The molecule has 2 aliphatic rings. The number of pyridine rings is 1. The summed E-state index contributed by atoms with van der Waals surface area (Å²) in [4.78, 5) is 44.3. The third-order valence-corrected chi connectivity index (χ3v) is 8.31. The second-order valence-electron chi connectivity index (χ2n) is 10.4. The number of hydrogen-bond donors (Lipinski definition) is 3. The van der Waals surface area contributed by atoms with Crippen LogP contribution in [0, 0.1) is 6.92 Å². The molecular formula is C30H31Cl2N3O4. The minimum atomic E-state index is -0.771. The highest BCUT2D eigenvalue weighted by atomic mass is 35.5. The van der Waals surface area contributed by atoms with Gasteiger partial charge in [0, 0.05) is 33.9 Å². The molecule has 7 nitrogen and oxygen atoms in total. The lowest BCUT2D eigenvalue weighted by Gasteiger charge is -2.48. The highest BCUT2D eigenvalue weighted by Gasteiger charge is 2.48. The molecule has 0 unspecified atom stereocenters. The van der Waals surface area contributed by atoms with Crippen molar-refractivity contribution in [3.63, 3.8) is 0 Å². The first-order valence-electron chi connectivity index (χ1n) is 13.3. The number of carbonyl (C=O) groups is 2. The van der Waals surface area contributed by atoms with Gasteiger partial charge in [0.2, 0.25) is 11.5 Å². The van der Waals surface area contributed by atoms with E-state index in [1.54, 1.807) is 35.2 Å². The number of benzene rings is 2. The second kappa shape index (κ2) is 11.5. The first kappa shape index (κ1) is 27.4. The molecule has 2 amide bonds. The zero-order chi connectivity index (χ0) is 27.7. The van der Waals surface area contributed by atoms with Gasteiger partial charge in [-0.2, -0.15) is 0 Å². The smallest absolute Gasteiger partial charge is 0.255 e. The van der Waals surface area contributed by atoms with Crippen molar-refractivity contribution in [3.8, 4) is 0 Å². The Hall–Kier alpha value is -3.13. The SMILES string of the molecule is Cc1cc(CCNC(=O)[C@@H]2c3ccccc3C(=O)N([C@H]3CCCC[C@@H]3O)[C@H]2c2ccc(Cl)cc2Cl)cc(=O)[nH]1. The lowest BCUT2D eigenvalue weighted by molar-refractivity contribution is -0.125. The van der Waals surface area contributed by atoms with Crippen LogP contribution in [0.3, 0.4) is 0 Å². The van der Waals surface area contributed by atoms with Crippen molar-refractivity contribution in [3.05, 3.63) is 103 Å². The van der Waals surface area contributed by atoms with Gasteiger partial charge in [0.15, 0.2) is 0 Å². The molecular weight excluding hydrogens is 537 g/mol. The third kappa shape index (κ3) is 5.62. The number of halogens is 2. The summed E-state index contributed by atoms with van der Waals surface area (Å²) in [6, 6.07) is 14.4. The lowest BCUT2D eigenvalue weighted by Crippen LogP contribution is -2.55. The average molecular weight is 569 g/mol. The fourth-order valence-corrected chi connectivity index (χ4v) is 6.55. The maximum Gasteiger partial charge on any atom is 0.255 e. The standard InChI is InChI=1S/C30H31Cl2N3O4/c1-17-14-18(15-26(37)34-17)12-13-33-29(38)27-20-6-2-3-7-21(20)30(39)35(24-8-4-5-9-25(24)36)28(27)22-11-10-19(31)16-23(22)32/h2-3,6-7,10-11,14-16,24-25,27-28,36H,4-5,8-9,12-13H2,1H3,(H,33,38)(H,34,37)/t24-,25-,27+,28-/m0/s1. The third-order valence-electron chi connectivity index (χ3n) is 7.74. The molecule has 1 aliphatic heterocycles. The lowest BCUT2D eigenvalue weighted by atomic mass is 9.76. The summed E-state index contributed by atoms with van der Waals surface area (Å²) < 4.78 is 0. The number of hydrogen-bond acceptors (Lipinski definition) is 4. The minimum Gasteiger partial charge on any atom is -0.391 e. The Morgan fingerprint density at radius 2 is 1.82 bits per heavy atom. The summed E-state index contributed by atoms with van der Waals surface area (Å²) in [7, 11) is 0. The van der Waals surface area contributed by atoms with Crippen LogP contribution in [0.5, 0.6) is 0 Å². The van der Waals surface area contributed by atoms with Crippen molar-refractivity contribution in [2.75, 3.05) is 6.54 Å². The molecule has 204 valence electrons. The van der Waals surface area contributed by atoms with E-state index >= 15 is 0 Å². The molecule has 9 heteroatoms. The van der Waals surface area contributed by atoms with Crippen LogP contribution in [0.1, 0.15) is 70.4 Å². The molecule has 0 bridgehead atoms. The van der Waals surface area contributed by atoms with Crippen LogP contribution in [0.2, 0.25) is 10.0 Å². The first-order chi connectivity index (χ1) is 18.7. The number of amides is 2. The van der Waals surface area contributed by atoms with Crippen LogP contribution >= 0.6 is 23.2 Å². The van der Waals surface area contributed by atoms with Crippen LogP contribution in [-0.2, 0) is 11.2 Å². The van der Waals surface area contributed by atoms with Gasteiger partial charge in [-0.3, -0.25) is 14.4 Å². The molecule has 0 radical (unpaired) electrons. The van der Waals surface area contributed by atoms with Gasteiger partial charge in [0.05, 0.1) is 24.1 Å². The fourth-order valence-electron chi connectivity index (χ4n) is 6.03. The average Bonchev–Trinajstić information content (AvgIpc) is 2.89. The van der Waals surface area contributed by atoms with Crippen molar-refractivity contribution in [2.45, 2.75) is 63.1 Å². The van der Waals surface area contributed by atoms with Gasteiger partial charge >= 0.3 is 0 Å². The quantitative estimate of drug-likeness (QED) is 0.392. The Bertz CT molecular complexity index is 1460. The summed E-state index contributed by atoms with van der Waals surface area (Å²) in [5, 5.41) is 14.9. The zero-order valence-electron chi connectivity index (χ0n) is 21.6. The van der Waals surface area contributed by atoms with Gasteiger partial charge in [-0.15, -0.1) is 0 Å². The van der Waals surface area contributed by atoms with Crippen LogP contribution < -0.4 is 10.9 Å². The molecule has 1 aliphatic carbocycles. The largest absolute Gasteiger partial charge is 0.391 e. The highest BCUT2D eigenvalue weighted by Crippen LogP contribution is 2.47. The molecule has 5 rings (SSSR count). The van der Waals surface area contributed by atoms with Crippen molar-refractivity contribution in [2.24, 2.45) is 0 Å². The van der Waals surface area contributed by atoms with Gasteiger partial charge < -0.3 is 20.3 Å². The number of aromatic nitrogens is 1. The monoisotopic (exact) mass is 567 g/mol. The Kier molecular flexibility index (Phi) is 8.12. The number of aliphatic hydroxyl groups is 1. The Morgan fingerprint density at radius 3 is 2.56 bits per heavy atom. The van der Waals surface area contributed by atoms with Gasteiger partial charge in [0.1, 0.15) is 0 Å². The van der Waals surface area contributed by atoms with E-state index in [4.69, 9.17) is 23.2 Å². The summed E-state index contributed by atoms with van der Waals surface area (Å²) in [6.07, 6.45) is 2.75. The van der Waals surface area contributed by atoms with Crippen LogP contribution in [0.4, 0.5) is 0 Å².